The lowest BCUT2D eigenvalue weighted by molar-refractivity contribution is 0.0497. The average molecular weight is 361 g/mol. The van der Waals surface area contributed by atoms with Crippen LogP contribution < -0.4 is 5.32 Å². The molecule has 0 atom stereocenters. The highest BCUT2D eigenvalue weighted by Gasteiger charge is 2.34. The molecule has 1 aliphatic heterocycles. The Balaban J connectivity index is 1.72. The van der Waals surface area contributed by atoms with E-state index in [2.05, 4.69) is 56.6 Å². The van der Waals surface area contributed by atoms with Crippen LogP contribution in [0.4, 0.5) is 0 Å². The summed E-state index contributed by atoms with van der Waals surface area (Å²) in [6.07, 6.45) is 5.85. The van der Waals surface area contributed by atoms with Crippen molar-refractivity contribution < 1.29 is 4.74 Å². The molecule has 0 aliphatic carbocycles. The van der Waals surface area contributed by atoms with Gasteiger partial charge in [0.25, 0.3) is 0 Å². The van der Waals surface area contributed by atoms with Gasteiger partial charge in [0.05, 0.1) is 0 Å². The predicted octanol–water partition coefficient (Wildman–Crippen LogP) is 3.68. The first-order valence-electron chi connectivity index (χ1n) is 7.72. The number of ether oxygens (including phenoxy) is 1. The van der Waals surface area contributed by atoms with Crippen LogP contribution >= 0.6 is 15.9 Å². The van der Waals surface area contributed by atoms with Crippen molar-refractivity contribution >= 4 is 15.9 Å². The monoisotopic (exact) mass is 360 g/mol. The first-order valence-corrected chi connectivity index (χ1v) is 8.51. The summed E-state index contributed by atoms with van der Waals surface area (Å²) in [5.74, 6) is 0. The van der Waals surface area contributed by atoms with Crippen molar-refractivity contribution in [3.05, 3.63) is 64.4 Å². The second-order valence-corrected chi connectivity index (χ2v) is 6.78. The fourth-order valence-electron chi connectivity index (χ4n) is 3.10. The molecule has 0 bridgehead atoms. The molecule has 4 heteroatoms. The maximum Gasteiger partial charge on any atom is 0.0475 e. The zero-order valence-corrected chi connectivity index (χ0v) is 14.2. The number of rotatable bonds is 5. The molecule has 1 aromatic heterocycles. The van der Waals surface area contributed by atoms with Gasteiger partial charge >= 0.3 is 0 Å². The molecule has 1 aliphatic rings. The Morgan fingerprint density at radius 1 is 1.18 bits per heavy atom. The third-order valence-corrected chi connectivity index (χ3v) is 4.90. The molecular formula is C18H21BrN2O. The molecule has 116 valence electrons. The Morgan fingerprint density at radius 2 is 2.05 bits per heavy atom. The van der Waals surface area contributed by atoms with Gasteiger partial charge in [-0.15, -0.1) is 0 Å². The molecule has 22 heavy (non-hydrogen) atoms. The van der Waals surface area contributed by atoms with Gasteiger partial charge in [-0.2, -0.15) is 0 Å². The van der Waals surface area contributed by atoms with Crippen LogP contribution in [-0.4, -0.2) is 24.7 Å². The van der Waals surface area contributed by atoms with Crippen LogP contribution in [0.3, 0.4) is 0 Å². The topological polar surface area (TPSA) is 34.2 Å². The maximum atomic E-state index is 5.59. The first kappa shape index (κ1) is 15.7. The molecule has 1 N–H and O–H groups in total. The van der Waals surface area contributed by atoms with Gasteiger partial charge in [0.2, 0.25) is 0 Å². The van der Waals surface area contributed by atoms with Crippen molar-refractivity contribution in [3.8, 4) is 0 Å². The van der Waals surface area contributed by atoms with E-state index in [0.717, 1.165) is 43.6 Å². The van der Waals surface area contributed by atoms with Gasteiger partial charge in [0.1, 0.15) is 0 Å². The number of hydrogen-bond donors (Lipinski definition) is 1. The SMILES string of the molecule is Brc1cccc(C2(CNCc3cccnc3)CCOCC2)c1. The second-order valence-electron chi connectivity index (χ2n) is 5.87. The third-order valence-electron chi connectivity index (χ3n) is 4.40. The maximum absolute atomic E-state index is 5.59. The lowest BCUT2D eigenvalue weighted by Crippen LogP contribution is -2.42. The van der Waals surface area contributed by atoms with Gasteiger partial charge in [-0.1, -0.05) is 34.1 Å². The highest BCUT2D eigenvalue weighted by Crippen LogP contribution is 2.35. The zero-order chi connectivity index (χ0) is 15.3. The zero-order valence-electron chi connectivity index (χ0n) is 12.6. The number of nitrogens with one attached hydrogen (secondary N) is 1. The van der Waals surface area contributed by atoms with E-state index in [1.54, 1.807) is 0 Å². The standard InChI is InChI=1S/C18H21BrN2O/c19-17-5-1-4-16(11-17)18(6-9-22-10-7-18)14-21-13-15-3-2-8-20-12-15/h1-5,8,11-12,21H,6-7,9-10,13-14H2. The van der Waals surface area contributed by atoms with Crippen molar-refractivity contribution in [2.24, 2.45) is 0 Å². The highest BCUT2D eigenvalue weighted by atomic mass is 79.9. The number of halogens is 1. The summed E-state index contributed by atoms with van der Waals surface area (Å²) in [6, 6.07) is 12.8. The molecule has 3 nitrogen and oxygen atoms in total. The minimum absolute atomic E-state index is 0.157. The van der Waals surface area contributed by atoms with Gasteiger partial charge < -0.3 is 10.1 Å². The number of benzene rings is 1. The van der Waals surface area contributed by atoms with Crippen LogP contribution in [0, 0.1) is 0 Å². The predicted molar refractivity (Wildman–Crippen MR) is 91.8 cm³/mol. The minimum atomic E-state index is 0.157. The summed E-state index contributed by atoms with van der Waals surface area (Å²) >= 11 is 3.60. The van der Waals surface area contributed by atoms with E-state index in [1.165, 1.54) is 11.1 Å². The van der Waals surface area contributed by atoms with E-state index >= 15 is 0 Å². The van der Waals surface area contributed by atoms with E-state index in [1.807, 2.05) is 18.5 Å². The lowest BCUT2D eigenvalue weighted by Gasteiger charge is -2.38. The summed E-state index contributed by atoms with van der Waals surface area (Å²) in [7, 11) is 0. The Bertz CT molecular complexity index is 597. The molecule has 2 heterocycles. The summed E-state index contributed by atoms with van der Waals surface area (Å²) in [6.45, 7) is 3.48. The minimum Gasteiger partial charge on any atom is -0.381 e. The van der Waals surface area contributed by atoms with Gasteiger partial charge in [-0.05, 0) is 42.2 Å². The fourth-order valence-corrected chi connectivity index (χ4v) is 3.50. The van der Waals surface area contributed by atoms with Gasteiger partial charge in [-0.3, -0.25) is 4.98 Å². The lowest BCUT2D eigenvalue weighted by atomic mass is 9.74. The summed E-state index contributed by atoms with van der Waals surface area (Å²) in [5.41, 5.74) is 2.77. The van der Waals surface area contributed by atoms with Gasteiger partial charge in [0.15, 0.2) is 0 Å². The Labute approximate surface area is 140 Å². The highest BCUT2D eigenvalue weighted by molar-refractivity contribution is 9.10. The van der Waals surface area contributed by atoms with Gasteiger partial charge in [-0.25, -0.2) is 0 Å². The number of aromatic nitrogens is 1. The molecule has 0 spiro atoms. The van der Waals surface area contributed by atoms with E-state index < -0.39 is 0 Å². The smallest absolute Gasteiger partial charge is 0.0475 e. The van der Waals surface area contributed by atoms with E-state index in [-0.39, 0.29) is 5.41 Å². The number of pyridine rings is 1. The van der Waals surface area contributed by atoms with Crippen LogP contribution in [0.25, 0.3) is 0 Å². The van der Waals surface area contributed by atoms with Crippen LogP contribution in [0.15, 0.2) is 53.3 Å². The van der Waals surface area contributed by atoms with Crippen molar-refractivity contribution in [2.75, 3.05) is 19.8 Å². The van der Waals surface area contributed by atoms with Crippen LogP contribution in [-0.2, 0) is 16.7 Å². The van der Waals surface area contributed by atoms with Gasteiger partial charge in [0, 0.05) is 48.6 Å². The Morgan fingerprint density at radius 3 is 2.77 bits per heavy atom. The number of nitrogens with zero attached hydrogens (tertiary/aromatic N) is 1. The molecular weight excluding hydrogens is 340 g/mol. The van der Waals surface area contributed by atoms with Crippen molar-refractivity contribution in [3.63, 3.8) is 0 Å². The molecule has 2 aromatic rings. The van der Waals surface area contributed by atoms with Crippen molar-refractivity contribution in [1.82, 2.24) is 10.3 Å². The molecule has 1 fully saturated rings. The fraction of sp³-hybridized carbons (Fsp3) is 0.389. The molecule has 3 rings (SSSR count). The molecule has 0 amide bonds. The average Bonchev–Trinajstić information content (AvgIpc) is 2.57. The molecule has 1 aromatic carbocycles. The molecule has 1 saturated heterocycles. The number of hydrogen-bond acceptors (Lipinski definition) is 3. The van der Waals surface area contributed by atoms with E-state index in [9.17, 15) is 0 Å². The quantitative estimate of drug-likeness (QED) is 0.882. The molecule has 0 radical (unpaired) electrons. The first-order chi connectivity index (χ1) is 10.8. The van der Waals surface area contributed by atoms with Crippen molar-refractivity contribution in [1.29, 1.82) is 0 Å². The molecule has 0 unspecified atom stereocenters. The summed E-state index contributed by atoms with van der Waals surface area (Å²) in [4.78, 5) is 4.17. The van der Waals surface area contributed by atoms with Crippen molar-refractivity contribution in [2.45, 2.75) is 24.8 Å². The second kappa shape index (κ2) is 7.36. The normalized spacial score (nSPS) is 17.3. The Hall–Kier alpha value is -1.23. The van der Waals surface area contributed by atoms with Crippen LogP contribution in [0.2, 0.25) is 0 Å². The Kier molecular flexibility index (Phi) is 5.24. The summed E-state index contributed by atoms with van der Waals surface area (Å²) < 4.78 is 6.73. The largest absolute Gasteiger partial charge is 0.381 e. The summed E-state index contributed by atoms with van der Waals surface area (Å²) in [5, 5.41) is 3.62. The van der Waals surface area contributed by atoms with Crippen LogP contribution in [0.1, 0.15) is 24.0 Å². The van der Waals surface area contributed by atoms with E-state index in [0.29, 0.717) is 0 Å². The van der Waals surface area contributed by atoms with Crippen LogP contribution in [0.5, 0.6) is 0 Å². The third kappa shape index (κ3) is 3.75. The van der Waals surface area contributed by atoms with E-state index in [4.69, 9.17) is 4.74 Å². The molecule has 0 saturated carbocycles.